The van der Waals surface area contributed by atoms with Crippen LogP contribution in [0.15, 0.2) is 36.5 Å². The van der Waals surface area contributed by atoms with Crippen molar-refractivity contribution in [2.24, 2.45) is 0 Å². The van der Waals surface area contributed by atoms with Crippen LogP contribution in [0.4, 0.5) is 0 Å². The van der Waals surface area contributed by atoms with Gasteiger partial charge in [-0.05, 0) is 38.3 Å². The summed E-state index contributed by atoms with van der Waals surface area (Å²) in [6.07, 6.45) is 2.61. The van der Waals surface area contributed by atoms with Crippen LogP contribution in [0.25, 0.3) is 5.65 Å². The van der Waals surface area contributed by atoms with Crippen LogP contribution in [0, 0.1) is 25.2 Å². The van der Waals surface area contributed by atoms with Gasteiger partial charge in [0, 0.05) is 50.0 Å². The van der Waals surface area contributed by atoms with E-state index >= 15 is 0 Å². The van der Waals surface area contributed by atoms with E-state index < -0.39 is 0 Å². The van der Waals surface area contributed by atoms with Crippen LogP contribution in [-0.4, -0.2) is 56.0 Å². The van der Waals surface area contributed by atoms with Gasteiger partial charge in [-0.2, -0.15) is 10.4 Å². The van der Waals surface area contributed by atoms with E-state index in [-0.39, 0.29) is 11.9 Å². The smallest absolute Gasteiger partial charge is 0.223 e. The molecule has 0 saturated carbocycles. The Bertz CT molecular complexity index is 1130. The Labute approximate surface area is 182 Å². The van der Waals surface area contributed by atoms with Crippen molar-refractivity contribution in [3.8, 4) is 6.07 Å². The zero-order valence-electron chi connectivity index (χ0n) is 18.4. The van der Waals surface area contributed by atoms with Crippen molar-refractivity contribution in [1.82, 2.24) is 24.4 Å². The quantitative estimate of drug-likeness (QED) is 0.639. The summed E-state index contributed by atoms with van der Waals surface area (Å²) in [4.78, 5) is 22.0. The SMILES string of the molecule is Cc1nc2c(C#N)cnn2c(C)c1CCC(=O)N1CCN(Cc2ccccc2)C[C@H]1C. The highest BCUT2D eigenvalue weighted by atomic mass is 16.2. The molecule has 0 spiro atoms. The average Bonchev–Trinajstić information content (AvgIpc) is 3.17. The maximum Gasteiger partial charge on any atom is 0.223 e. The van der Waals surface area contributed by atoms with E-state index in [1.165, 1.54) is 5.56 Å². The molecule has 4 rings (SSSR count). The van der Waals surface area contributed by atoms with Gasteiger partial charge in [0.15, 0.2) is 5.65 Å². The number of nitriles is 1. The second kappa shape index (κ2) is 8.86. The van der Waals surface area contributed by atoms with Crippen molar-refractivity contribution in [1.29, 1.82) is 5.26 Å². The van der Waals surface area contributed by atoms with Crippen LogP contribution in [0.2, 0.25) is 0 Å². The second-order valence-electron chi connectivity index (χ2n) is 8.32. The van der Waals surface area contributed by atoms with Gasteiger partial charge < -0.3 is 4.90 Å². The van der Waals surface area contributed by atoms with Gasteiger partial charge in [0.25, 0.3) is 0 Å². The van der Waals surface area contributed by atoms with Gasteiger partial charge >= 0.3 is 0 Å². The third-order valence-electron chi connectivity index (χ3n) is 6.20. The average molecular weight is 417 g/mol. The lowest BCUT2D eigenvalue weighted by atomic mass is 10.0. The molecule has 0 radical (unpaired) electrons. The standard InChI is InChI=1S/C24H28N6O/c1-17-15-28(16-20-7-5-4-6-8-20)11-12-29(17)23(31)10-9-22-18(2)27-24-21(13-25)14-26-30(24)19(22)3/h4-8,14,17H,9-12,15-16H2,1-3H3/t17-/m1/s1. The number of carbonyl (C=O) groups excluding carboxylic acids is 1. The third kappa shape index (κ3) is 4.30. The normalized spacial score (nSPS) is 17.1. The van der Waals surface area contributed by atoms with Crippen LogP contribution in [0.3, 0.4) is 0 Å². The Hall–Kier alpha value is -3.24. The number of fused-ring (bicyclic) bond motifs is 1. The molecule has 2 aromatic heterocycles. The first-order valence-electron chi connectivity index (χ1n) is 10.8. The molecule has 1 aliphatic heterocycles. The van der Waals surface area contributed by atoms with Crippen LogP contribution in [0.5, 0.6) is 0 Å². The summed E-state index contributed by atoms with van der Waals surface area (Å²) >= 11 is 0. The Morgan fingerprint density at radius 1 is 1.23 bits per heavy atom. The number of aromatic nitrogens is 3. The molecule has 1 saturated heterocycles. The highest BCUT2D eigenvalue weighted by Gasteiger charge is 2.27. The Balaban J connectivity index is 1.39. The largest absolute Gasteiger partial charge is 0.337 e. The van der Waals surface area contributed by atoms with Gasteiger partial charge in [-0.1, -0.05) is 30.3 Å². The molecule has 0 aliphatic carbocycles. The Morgan fingerprint density at radius 3 is 2.71 bits per heavy atom. The van der Waals surface area contributed by atoms with E-state index in [0.29, 0.717) is 24.1 Å². The van der Waals surface area contributed by atoms with Crippen molar-refractivity contribution in [2.45, 2.75) is 46.2 Å². The summed E-state index contributed by atoms with van der Waals surface area (Å²) < 4.78 is 1.70. The third-order valence-corrected chi connectivity index (χ3v) is 6.20. The fraction of sp³-hybridized carbons (Fsp3) is 0.417. The highest BCUT2D eigenvalue weighted by Crippen LogP contribution is 2.20. The number of hydrogen-bond acceptors (Lipinski definition) is 5. The maximum atomic E-state index is 13.0. The minimum absolute atomic E-state index is 0.184. The van der Waals surface area contributed by atoms with Crippen LogP contribution < -0.4 is 0 Å². The maximum absolute atomic E-state index is 13.0. The molecular formula is C24H28N6O. The Morgan fingerprint density at radius 2 is 2.00 bits per heavy atom. The molecule has 0 bridgehead atoms. The number of carbonyl (C=O) groups is 1. The summed E-state index contributed by atoms with van der Waals surface area (Å²) in [5, 5.41) is 13.5. The predicted octanol–water partition coefficient (Wildman–Crippen LogP) is 2.88. The van der Waals surface area contributed by atoms with Gasteiger partial charge in [-0.3, -0.25) is 9.69 Å². The van der Waals surface area contributed by atoms with Gasteiger partial charge in [0.1, 0.15) is 11.6 Å². The molecule has 0 unspecified atom stereocenters. The van der Waals surface area contributed by atoms with Gasteiger partial charge in [-0.25, -0.2) is 9.50 Å². The predicted molar refractivity (Wildman–Crippen MR) is 118 cm³/mol. The van der Waals surface area contributed by atoms with Crippen molar-refractivity contribution < 1.29 is 4.79 Å². The lowest BCUT2D eigenvalue weighted by molar-refractivity contribution is -0.135. The van der Waals surface area contributed by atoms with E-state index in [0.717, 1.165) is 43.1 Å². The van der Waals surface area contributed by atoms with E-state index in [2.05, 4.69) is 52.2 Å². The molecule has 31 heavy (non-hydrogen) atoms. The van der Waals surface area contributed by atoms with E-state index in [1.807, 2.05) is 24.8 Å². The molecular weight excluding hydrogens is 388 g/mol. The summed E-state index contributed by atoms with van der Waals surface area (Å²) in [6, 6.07) is 12.8. The van der Waals surface area contributed by atoms with E-state index in [1.54, 1.807) is 10.7 Å². The first-order chi connectivity index (χ1) is 15.0. The van der Waals surface area contributed by atoms with Crippen LogP contribution >= 0.6 is 0 Å². The van der Waals surface area contributed by atoms with Crippen molar-refractivity contribution in [3.63, 3.8) is 0 Å². The number of benzene rings is 1. The molecule has 1 atom stereocenters. The summed E-state index contributed by atoms with van der Waals surface area (Å²) in [5.74, 6) is 0.184. The van der Waals surface area contributed by atoms with Crippen molar-refractivity contribution in [2.75, 3.05) is 19.6 Å². The van der Waals surface area contributed by atoms with Crippen LogP contribution in [-0.2, 0) is 17.8 Å². The number of hydrogen-bond donors (Lipinski definition) is 0. The van der Waals surface area contributed by atoms with Gasteiger partial charge in [0.2, 0.25) is 5.91 Å². The highest BCUT2D eigenvalue weighted by molar-refractivity contribution is 5.77. The van der Waals surface area contributed by atoms with Crippen molar-refractivity contribution in [3.05, 3.63) is 64.6 Å². The molecule has 1 amide bonds. The lowest BCUT2D eigenvalue weighted by Gasteiger charge is -2.40. The number of aryl methyl sites for hydroxylation is 2. The summed E-state index contributed by atoms with van der Waals surface area (Å²) in [7, 11) is 0. The minimum Gasteiger partial charge on any atom is -0.337 e. The molecule has 7 heteroatoms. The zero-order valence-corrected chi connectivity index (χ0v) is 18.4. The van der Waals surface area contributed by atoms with Crippen molar-refractivity contribution >= 4 is 11.6 Å². The number of nitrogens with zero attached hydrogens (tertiary/aromatic N) is 6. The van der Waals surface area contributed by atoms with E-state index in [9.17, 15) is 10.1 Å². The lowest BCUT2D eigenvalue weighted by Crippen LogP contribution is -2.53. The molecule has 3 heterocycles. The van der Waals surface area contributed by atoms with Crippen LogP contribution in [0.1, 0.15) is 41.4 Å². The molecule has 1 aromatic carbocycles. The van der Waals surface area contributed by atoms with E-state index in [4.69, 9.17) is 0 Å². The molecule has 1 aliphatic rings. The molecule has 7 nitrogen and oxygen atoms in total. The molecule has 0 N–H and O–H groups in total. The summed E-state index contributed by atoms with van der Waals surface area (Å²) in [6.45, 7) is 9.49. The molecule has 1 fully saturated rings. The van der Waals surface area contributed by atoms with Gasteiger partial charge in [0.05, 0.1) is 6.20 Å². The number of piperazine rings is 1. The second-order valence-corrected chi connectivity index (χ2v) is 8.32. The first-order valence-corrected chi connectivity index (χ1v) is 10.8. The monoisotopic (exact) mass is 416 g/mol. The fourth-order valence-electron chi connectivity index (χ4n) is 4.52. The fourth-order valence-corrected chi connectivity index (χ4v) is 4.52. The first kappa shape index (κ1) is 21.0. The number of amides is 1. The Kier molecular flexibility index (Phi) is 6.01. The van der Waals surface area contributed by atoms with Gasteiger partial charge in [-0.15, -0.1) is 0 Å². The topological polar surface area (TPSA) is 77.5 Å². The molecule has 3 aromatic rings. The summed E-state index contributed by atoms with van der Waals surface area (Å²) in [5.41, 5.74) is 5.19. The minimum atomic E-state index is 0.184. The zero-order chi connectivity index (χ0) is 22.0. The molecule has 160 valence electrons. The number of rotatable bonds is 5.